The van der Waals surface area contributed by atoms with Crippen molar-refractivity contribution in [1.29, 1.82) is 0 Å². The van der Waals surface area contributed by atoms with Crippen molar-refractivity contribution in [3.05, 3.63) is 17.7 Å². The molecule has 2 heterocycles. The monoisotopic (exact) mass is 379 g/mol. The number of esters is 1. The van der Waals surface area contributed by atoms with Crippen molar-refractivity contribution in [2.24, 2.45) is 0 Å². The summed E-state index contributed by atoms with van der Waals surface area (Å²) < 4.78 is 27.0. The number of anilines is 1. The number of ether oxygens (including phenoxy) is 5. The smallest absolute Gasteiger partial charge is 0.310 e. The van der Waals surface area contributed by atoms with Gasteiger partial charge in [0.25, 0.3) is 5.91 Å². The van der Waals surface area contributed by atoms with Gasteiger partial charge >= 0.3 is 5.97 Å². The van der Waals surface area contributed by atoms with Crippen LogP contribution in [0.5, 0.6) is 11.5 Å². The van der Waals surface area contributed by atoms with E-state index in [-0.39, 0.29) is 18.4 Å². The molecule has 27 heavy (non-hydrogen) atoms. The zero-order valence-corrected chi connectivity index (χ0v) is 15.6. The van der Waals surface area contributed by atoms with Gasteiger partial charge in [-0.3, -0.25) is 9.59 Å². The Hall–Kier alpha value is -2.32. The molecule has 1 N–H and O–H groups in total. The molecule has 1 fully saturated rings. The van der Waals surface area contributed by atoms with Crippen LogP contribution in [0.3, 0.4) is 0 Å². The number of hydrogen-bond acceptors (Lipinski definition) is 7. The van der Waals surface area contributed by atoms with Gasteiger partial charge in [-0.05, 0) is 31.4 Å². The summed E-state index contributed by atoms with van der Waals surface area (Å²) in [6.07, 6.45) is 1.36. The predicted molar refractivity (Wildman–Crippen MR) is 96.2 cm³/mol. The van der Waals surface area contributed by atoms with E-state index in [4.69, 9.17) is 23.7 Å². The molecule has 8 nitrogen and oxygen atoms in total. The van der Waals surface area contributed by atoms with Gasteiger partial charge in [-0.15, -0.1) is 0 Å². The molecule has 3 rings (SSSR count). The number of rotatable bonds is 7. The lowest BCUT2D eigenvalue weighted by molar-refractivity contribution is -0.139. The SMILES string of the molecule is COC(=O)Cc1cc2c(cc1NC(=O)[C@H](C)OC[C@H]1CCCO1)OCCO2. The Morgan fingerprint density at radius 2 is 1.96 bits per heavy atom. The molecule has 0 spiro atoms. The lowest BCUT2D eigenvalue weighted by Crippen LogP contribution is -2.31. The number of nitrogens with one attached hydrogen (secondary N) is 1. The van der Waals surface area contributed by atoms with Crippen molar-refractivity contribution in [1.82, 2.24) is 0 Å². The predicted octanol–water partition coefficient (Wildman–Crippen LogP) is 1.70. The summed E-state index contributed by atoms with van der Waals surface area (Å²) in [5.41, 5.74) is 1.06. The van der Waals surface area contributed by atoms with E-state index in [0.29, 0.717) is 42.6 Å². The first kappa shape index (κ1) is 19.4. The van der Waals surface area contributed by atoms with E-state index >= 15 is 0 Å². The van der Waals surface area contributed by atoms with Gasteiger partial charge in [0.2, 0.25) is 0 Å². The highest BCUT2D eigenvalue weighted by Gasteiger charge is 2.23. The lowest BCUT2D eigenvalue weighted by atomic mass is 10.1. The number of carbonyl (C=O) groups excluding carboxylic acids is 2. The molecular weight excluding hydrogens is 354 g/mol. The number of fused-ring (bicyclic) bond motifs is 1. The van der Waals surface area contributed by atoms with Crippen molar-refractivity contribution in [2.75, 3.05) is 38.9 Å². The molecule has 1 amide bonds. The van der Waals surface area contributed by atoms with Gasteiger partial charge in [-0.25, -0.2) is 0 Å². The summed E-state index contributed by atoms with van der Waals surface area (Å²) in [6, 6.07) is 3.36. The van der Waals surface area contributed by atoms with Gasteiger partial charge < -0.3 is 29.0 Å². The van der Waals surface area contributed by atoms with Crippen LogP contribution in [0, 0.1) is 0 Å². The molecule has 1 aromatic rings. The summed E-state index contributed by atoms with van der Waals surface area (Å²) >= 11 is 0. The maximum absolute atomic E-state index is 12.5. The summed E-state index contributed by atoms with van der Waals surface area (Å²) in [6.45, 7) is 3.66. The van der Waals surface area contributed by atoms with Crippen LogP contribution in [0.15, 0.2) is 12.1 Å². The van der Waals surface area contributed by atoms with E-state index in [1.807, 2.05) is 0 Å². The first-order chi connectivity index (χ1) is 13.1. The van der Waals surface area contributed by atoms with Crippen LogP contribution >= 0.6 is 0 Å². The molecule has 2 atom stereocenters. The number of hydrogen-bond donors (Lipinski definition) is 1. The van der Waals surface area contributed by atoms with Gasteiger partial charge in [-0.1, -0.05) is 0 Å². The minimum atomic E-state index is -0.659. The second kappa shape index (κ2) is 9.05. The number of benzene rings is 1. The Bertz CT molecular complexity index is 685. The van der Waals surface area contributed by atoms with E-state index in [1.165, 1.54) is 7.11 Å². The van der Waals surface area contributed by atoms with Gasteiger partial charge in [0.1, 0.15) is 19.3 Å². The topological polar surface area (TPSA) is 92.3 Å². The van der Waals surface area contributed by atoms with Crippen LogP contribution in [-0.4, -0.2) is 57.6 Å². The summed E-state index contributed by atoms with van der Waals surface area (Å²) in [7, 11) is 1.32. The van der Waals surface area contributed by atoms with E-state index in [9.17, 15) is 9.59 Å². The molecule has 1 aromatic carbocycles. The fourth-order valence-corrected chi connectivity index (χ4v) is 2.96. The van der Waals surface area contributed by atoms with Crippen LogP contribution in [0.1, 0.15) is 25.3 Å². The first-order valence-electron chi connectivity index (χ1n) is 9.10. The highest BCUT2D eigenvalue weighted by Crippen LogP contribution is 2.36. The van der Waals surface area contributed by atoms with Crippen LogP contribution in [-0.2, 0) is 30.2 Å². The Balaban J connectivity index is 1.69. The van der Waals surface area contributed by atoms with Crippen LogP contribution in [0.25, 0.3) is 0 Å². The average Bonchev–Trinajstić information content (AvgIpc) is 3.19. The molecule has 0 saturated carbocycles. The summed E-state index contributed by atoms with van der Waals surface area (Å²) in [4.78, 5) is 24.3. The zero-order valence-electron chi connectivity index (χ0n) is 15.6. The van der Waals surface area contributed by atoms with Crippen LogP contribution in [0.2, 0.25) is 0 Å². The van der Waals surface area contributed by atoms with E-state index < -0.39 is 12.1 Å². The Morgan fingerprint density at radius 3 is 2.63 bits per heavy atom. The molecule has 148 valence electrons. The minimum Gasteiger partial charge on any atom is -0.486 e. The third-order valence-corrected chi connectivity index (χ3v) is 4.51. The molecule has 0 unspecified atom stereocenters. The standard InChI is InChI=1S/C19H25NO7/c1-12(27-11-14-4-3-5-24-14)19(22)20-15-10-17-16(25-6-7-26-17)8-13(15)9-18(21)23-2/h8,10,12,14H,3-7,9,11H2,1-2H3,(H,20,22)/t12-,14+/m0/s1. The van der Waals surface area contributed by atoms with Crippen molar-refractivity contribution in [3.63, 3.8) is 0 Å². The van der Waals surface area contributed by atoms with Crippen molar-refractivity contribution in [3.8, 4) is 11.5 Å². The third kappa shape index (κ3) is 5.11. The number of amides is 1. The van der Waals surface area contributed by atoms with E-state index in [2.05, 4.69) is 5.32 Å². The van der Waals surface area contributed by atoms with E-state index in [1.54, 1.807) is 19.1 Å². The van der Waals surface area contributed by atoms with Crippen molar-refractivity contribution >= 4 is 17.6 Å². The van der Waals surface area contributed by atoms with Gasteiger partial charge in [-0.2, -0.15) is 0 Å². The molecule has 0 bridgehead atoms. The highest BCUT2D eigenvalue weighted by molar-refractivity contribution is 5.95. The fourth-order valence-electron chi connectivity index (χ4n) is 2.96. The molecular formula is C19H25NO7. The first-order valence-corrected chi connectivity index (χ1v) is 9.10. The number of carbonyl (C=O) groups is 2. The van der Waals surface area contributed by atoms with Crippen LogP contribution in [0.4, 0.5) is 5.69 Å². The normalized spacial score (nSPS) is 19.4. The summed E-state index contributed by atoms with van der Waals surface area (Å²) in [5, 5.41) is 2.82. The van der Waals surface area contributed by atoms with Gasteiger partial charge in [0.15, 0.2) is 11.5 Å². The molecule has 1 saturated heterocycles. The van der Waals surface area contributed by atoms with Crippen LogP contribution < -0.4 is 14.8 Å². The minimum absolute atomic E-state index is 0.00784. The second-order valence-electron chi connectivity index (χ2n) is 6.51. The summed E-state index contributed by atoms with van der Waals surface area (Å²) in [5.74, 6) is 0.347. The van der Waals surface area contributed by atoms with Crippen molar-refractivity contribution in [2.45, 2.75) is 38.4 Å². The highest BCUT2D eigenvalue weighted by atomic mass is 16.6. The van der Waals surface area contributed by atoms with Gasteiger partial charge in [0.05, 0.1) is 26.2 Å². The Morgan fingerprint density at radius 1 is 1.22 bits per heavy atom. The van der Waals surface area contributed by atoms with E-state index in [0.717, 1.165) is 19.4 Å². The van der Waals surface area contributed by atoms with Gasteiger partial charge in [0, 0.05) is 18.4 Å². The Kier molecular flexibility index (Phi) is 6.52. The lowest BCUT2D eigenvalue weighted by Gasteiger charge is -2.22. The molecule has 2 aliphatic rings. The average molecular weight is 379 g/mol. The molecule has 0 radical (unpaired) electrons. The largest absolute Gasteiger partial charge is 0.486 e. The Labute approximate surface area is 158 Å². The number of methoxy groups -OCH3 is 1. The third-order valence-electron chi connectivity index (χ3n) is 4.51. The molecule has 2 aliphatic heterocycles. The molecule has 0 aliphatic carbocycles. The second-order valence-corrected chi connectivity index (χ2v) is 6.51. The molecule has 8 heteroatoms. The molecule has 0 aromatic heterocycles. The zero-order chi connectivity index (χ0) is 19.2. The maximum Gasteiger partial charge on any atom is 0.310 e. The fraction of sp³-hybridized carbons (Fsp3) is 0.579. The quantitative estimate of drug-likeness (QED) is 0.721. The maximum atomic E-state index is 12.5. The van der Waals surface area contributed by atoms with Crippen molar-refractivity contribution < 1.29 is 33.3 Å².